The molecule has 0 amide bonds. The van der Waals surface area contributed by atoms with E-state index in [1.165, 1.54) is 16.8 Å². The molecule has 9 heteroatoms. The summed E-state index contributed by atoms with van der Waals surface area (Å²) in [7, 11) is 0. The van der Waals surface area contributed by atoms with E-state index in [4.69, 9.17) is 23.2 Å². The van der Waals surface area contributed by atoms with Gasteiger partial charge in [-0.1, -0.05) is 23.2 Å². The molecule has 20 heavy (non-hydrogen) atoms. The summed E-state index contributed by atoms with van der Waals surface area (Å²) in [5, 5.41) is 11.5. The molecule has 2 heterocycles. The molecule has 0 aliphatic heterocycles. The van der Waals surface area contributed by atoms with Gasteiger partial charge in [-0.25, -0.2) is 4.98 Å². The smallest absolute Gasteiger partial charge is 0.333 e. The highest BCUT2D eigenvalue weighted by Crippen LogP contribution is 2.19. The van der Waals surface area contributed by atoms with Crippen molar-refractivity contribution in [2.45, 2.75) is 6.54 Å². The first-order chi connectivity index (χ1) is 9.38. The molecule has 0 radical (unpaired) electrons. The SMILES string of the molecule is O=c1c(Br)cn(Cc2nc(Cl)ccc2Cl)cc1[N+](=O)[O-]. The van der Waals surface area contributed by atoms with Gasteiger partial charge in [-0.2, -0.15) is 0 Å². The first-order valence-corrected chi connectivity index (χ1v) is 6.78. The van der Waals surface area contributed by atoms with E-state index >= 15 is 0 Å². The van der Waals surface area contributed by atoms with Gasteiger partial charge in [-0.05, 0) is 28.1 Å². The third-order valence-electron chi connectivity index (χ3n) is 2.43. The minimum absolute atomic E-state index is 0.0878. The highest BCUT2D eigenvalue weighted by Gasteiger charge is 2.16. The van der Waals surface area contributed by atoms with E-state index in [9.17, 15) is 14.9 Å². The quantitative estimate of drug-likeness (QED) is 0.466. The predicted molar refractivity (Wildman–Crippen MR) is 78.4 cm³/mol. The maximum absolute atomic E-state index is 11.6. The second kappa shape index (κ2) is 5.90. The number of halogens is 3. The first kappa shape index (κ1) is 15.0. The summed E-state index contributed by atoms with van der Waals surface area (Å²) < 4.78 is 1.53. The Labute approximate surface area is 131 Å². The van der Waals surface area contributed by atoms with Crippen molar-refractivity contribution in [3.63, 3.8) is 0 Å². The zero-order valence-electron chi connectivity index (χ0n) is 9.72. The third kappa shape index (κ3) is 3.17. The Hall–Kier alpha value is -1.44. The Kier molecular flexibility index (Phi) is 4.42. The number of aromatic nitrogens is 2. The van der Waals surface area contributed by atoms with E-state index in [1.807, 2.05) is 0 Å². The van der Waals surface area contributed by atoms with Crippen LogP contribution in [0, 0.1) is 10.1 Å². The van der Waals surface area contributed by atoms with Crippen LogP contribution < -0.4 is 5.43 Å². The van der Waals surface area contributed by atoms with Gasteiger partial charge < -0.3 is 4.57 Å². The van der Waals surface area contributed by atoms with Crippen LogP contribution in [-0.2, 0) is 6.54 Å². The number of hydrogen-bond donors (Lipinski definition) is 0. The van der Waals surface area contributed by atoms with Crippen LogP contribution >= 0.6 is 39.1 Å². The van der Waals surface area contributed by atoms with Crippen molar-refractivity contribution in [2.24, 2.45) is 0 Å². The van der Waals surface area contributed by atoms with E-state index in [0.717, 1.165) is 6.20 Å². The summed E-state index contributed by atoms with van der Waals surface area (Å²) in [6.45, 7) is 0.152. The zero-order valence-corrected chi connectivity index (χ0v) is 12.8. The fourth-order valence-electron chi connectivity index (χ4n) is 1.54. The van der Waals surface area contributed by atoms with E-state index in [2.05, 4.69) is 20.9 Å². The fraction of sp³-hybridized carbons (Fsp3) is 0.0909. The van der Waals surface area contributed by atoms with E-state index < -0.39 is 16.0 Å². The number of nitro groups is 1. The summed E-state index contributed by atoms with van der Waals surface area (Å²) in [5.41, 5.74) is -0.766. The van der Waals surface area contributed by atoms with Crippen LogP contribution in [0.1, 0.15) is 5.69 Å². The zero-order chi connectivity index (χ0) is 14.9. The van der Waals surface area contributed by atoms with Gasteiger partial charge in [0.15, 0.2) is 0 Å². The van der Waals surface area contributed by atoms with Gasteiger partial charge in [0.25, 0.3) is 5.43 Å². The Morgan fingerprint density at radius 2 is 2.05 bits per heavy atom. The molecule has 2 aromatic heterocycles. The Morgan fingerprint density at radius 1 is 1.35 bits per heavy atom. The molecular weight excluding hydrogens is 373 g/mol. The molecule has 0 fully saturated rings. The maximum Gasteiger partial charge on any atom is 0.333 e. The molecular formula is C11H6BrCl2N3O3. The van der Waals surface area contributed by atoms with Crippen molar-refractivity contribution in [1.29, 1.82) is 0 Å². The van der Waals surface area contributed by atoms with Crippen molar-refractivity contribution in [3.05, 3.63) is 65.2 Å². The largest absolute Gasteiger partial charge is 0.341 e. The van der Waals surface area contributed by atoms with Crippen molar-refractivity contribution >= 4 is 44.8 Å². The molecule has 0 atom stereocenters. The molecule has 6 nitrogen and oxygen atoms in total. The van der Waals surface area contributed by atoms with Crippen LogP contribution in [0.2, 0.25) is 10.2 Å². The lowest BCUT2D eigenvalue weighted by Crippen LogP contribution is -2.14. The molecule has 0 unspecified atom stereocenters. The van der Waals surface area contributed by atoms with Gasteiger partial charge in [0.2, 0.25) is 0 Å². The van der Waals surface area contributed by atoms with E-state index in [0.29, 0.717) is 10.7 Å². The lowest BCUT2D eigenvalue weighted by atomic mass is 10.3. The second-order valence-corrected chi connectivity index (χ2v) is 5.46. The lowest BCUT2D eigenvalue weighted by molar-refractivity contribution is -0.386. The molecule has 0 aromatic carbocycles. The van der Waals surface area contributed by atoms with Gasteiger partial charge in [0.1, 0.15) is 5.15 Å². The second-order valence-electron chi connectivity index (χ2n) is 3.81. The lowest BCUT2D eigenvalue weighted by Gasteiger charge is -2.08. The van der Waals surface area contributed by atoms with Gasteiger partial charge in [-0.3, -0.25) is 14.9 Å². The first-order valence-electron chi connectivity index (χ1n) is 5.23. The van der Waals surface area contributed by atoms with Crippen molar-refractivity contribution < 1.29 is 4.92 Å². The molecule has 0 saturated carbocycles. The Balaban J connectivity index is 2.46. The molecule has 0 bridgehead atoms. The van der Waals surface area contributed by atoms with Crippen LogP contribution in [-0.4, -0.2) is 14.5 Å². The van der Waals surface area contributed by atoms with Crippen LogP contribution in [0.5, 0.6) is 0 Å². The summed E-state index contributed by atoms with van der Waals surface area (Å²) in [6.07, 6.45) is 2.56. The highest BCUT2D eigenvalue weighted by atomic mass is 79.9. The Bertz CT molecular complexity index is 748. The third-order valence-corrected chi connectivity index (χ3v) is 3.55. The summed E-state index contributed by atoms with van der Waals surface area (Å²) in [6, 6.07) is 3.12. The summed E-state index contributed by atoms with van der Waals surface area (Å²) in [5.74, 6) is 0. The topological polar surface area (TPSA) is 78.0 Å². The van der Waals surface area contributed by atoms with Gasteiger partial charge in [0, 0.05) is 6.20 Å². The average Bonchev–Trinajstić information content (AvgIpc) is 2.37. The Morgan fingerprint density at radius 3 is 2.70 bits per heavy atom. The van der Waals surface area contributed by atoms with Crippen molar-refractivity contribution in [2.75, 3.05) is 0 Å². The number of pyridine rings is 2. The van der Waals surface area contributed by atoms with E-state index in [-0.39, 0.29) is 16.2 Å². The molecule has 0 spiro atoms. The standard InChI is InChI=1S/C11H6BrCl2N3O3/c12-6-3-16(5-9(11(6)18)17(19)20)4-8-7(13)1-2-10(14)15-8/h1-3,5H,4H2. The average molecular weight is 379 g/mol. The highest BCUT2D eigenvalue weighted by molar-refractivity contribution is 9.10. The fourth-order valence-corrected chi connectivity index (χ4v) is 2.34. The van der Waals surface area contributed by atoms with Gasteiger partial charge in [-0.15, -0.1) is 0 Å². The predicted octanol–water partition coefficient (Wildman–Crippen LogP) is 3.27. The van der Waals surface area contributed by atoms with Crippen LogP contribution in [0.4, 0.5) is 5.69 Å². The number of nitrogens with zero attached hydrogens (tertiary/aromatic N) is 3. The molecule has 2 rings (SSSR count). The summed E-state index contributed by atoms with van der Waals surface area (Å²) >= 11 is 14.7. The number of hydrogen-bond acceptors (Lipinski definition) is 4. The molecule has 2 aromatic rings. The minimum atomic E-state index is -0.739. The molecule has 0 saturated heterocycles. The van der Waals surface area contributed by atoms with Gasteiger partial charge >= 0.3 is 5.69 Å². The van der Waals surface area contributed by atoms with Crippen LogP contribution in [0.15, 0.2) is 33.8 Å². The van der Waals surface area contributed by atoms with Crippen molar-refractivity contribution in [3.8, 4) is 0 Å². The van der Waals surface area contributed by atoms with E-state index in [1.54, 1.807) is 6.07 Å². The summed E-state index contributed by atoms with van der Waals surface area (Å²) in [4.78, 5) is 25.7. The normalized spacial score (nSPS) is 10.6. The molecule has 0 aliphatic carbocycles. The minimum Gasteiger partial charge on any atom is -0.341 e. The number of rotatable bonds is 3. The van der Waals surface area contributed by atoms with Crippen LogP contribution in [0.25, 0.3) is 0 Å². The van der Waals surface area contributed by atoms with Gasteiger partial charge in [0.05, 0.1) is 32.9 Å². The molecule has 104 valence electrons. The maximum atomic E-state index is 11.6. The molecule has 0 aliphatic rings. The van der Waals surface area contributed by atoms with Crippen molar-refractivity contribution in [1.82, 2.24) is 9.55 Å². The van der Waals surface area contributed by atoms with Crippen LogP contribution in [0.3, 0.4) is 0 Å². The molecule has 0 N–H and O–H groups in total. The monoisotopic (exact) mass is 377 g/mol.